The Hall–Kier alpha value is -2.38. The van der Waals surface area contributed by atoms with E-state index in [0.717, 1.165) is 0 Å². The largest absolute Gasteiger partial charge is 0.480 e. The van der Waals surface area contributed by atoms with Gasteiger partial charge in [0.25, 0.3) is 10.0 Å². The number of benzene rings is 2. The first kappa shape index (κ1) is 18.0. The molecule has 8 heteroatoms. The third-order valence-electron chi connectivity index (χ3n) is 3.08. The van der Waals surface area contributed by atoms with Gasteiger partial charge in [0.1, 0.15) is 11.9 Å². The van der Waals surface area contributed by atoms with E-state index in [1.165, 1.54) is 31.2 Å². The molecular weight excluding hydrogens is 352 g/mol. The number of aliphatic imine (C=N–C) groups is 1. The Morgan fingerprint density at radius 3 is 2.25 bits per heavy atom. The van der Waals surface area contributed by atoms with Crippen LogP contribution in [-0.2, 0) is 14.8 Å². The summed E-state index contributed by atoms with van der Waals surface area (Å²) in [5.74, 6) is -1.20. The summed E-state index contributed by atoms with van der Waals surface area (Å²) in [5.41, 5.74) is 0.461. The van der Waals surface area contributed by atoms with Crippen molar-refractivity contribution in [1.82, 2.24) is 4.72 Å². The number of carbonyl (C=O) groups is 1. The summed E-state index contributed by atoms with van der Waals surface area (Å²) in [6, 6.07) is 12.9. The SMILES string of the molecule is C[C@@H](N=C(NS(=O)(=O)c1ccc(Cl)cc1)c1ccccc1)C(=O)O. The first-order chi connectivity index (χ1) is 11.3. The van der Waals surface area contributed by atoms with Gasteiger partial charge in [-0.2, -0.15) is 0 Å². The fourth-order valence-electron chi connectivity index (χ4n) is 1.80. The summed E-state index contributed by atoms with van der Waals surface area (Å²) in [6.07, 6.45) is 0. The summed E-state index contributed by atoms with van der Waals surface area (Å²) in [7, 11) is -3.93. The van der Waals surface area contributed by atoms with E-state index in [4.69, 9.17) is 16.7 Å². The molecule has 0 radical (unpaired) electrons. The molecule has 0 saturated carbocycles. The van der Waals surface area contributed by atoms with Crippen molar-refractivity contribution in [3.63, 3.8) is 0 Å². The van der Waals surface area contributed by atoms with Crippen molar-refractivity contribution in [2.24, 2.45) is 4.99 Å². The van der Waals surface area contributed by atoms with Crippen LogP contribution in [-0.4, -0.2) is 31.4 Å². The zero-order chi connectivity index (χ0) is 17.7. The molecule has 2 N–H and O–H groups in total. The summed E-state index contributed by atoms with van der Waals surface area (Å²) in [6.45, 7) is 1.36. The van der Waals surface area contributed by atoms with Crippen molar-refractivity contribution < 1.29 is 18.3 Å². The van der Waals surface area contributed by atoms with Crippen LogP contribution in [0.15, 0.2) is 64.5 Å². The van der Waals surface area contributed by atoms with Crippen molar-refractivity contribution in [2.75, 3.05) is 0 Å². The second-order valence-electron chi connectivity index (χ2n) is 4.92. The summed E-state index contributed by atoms with van der Waals surface area (Å²) < 4.78 is 27.3. The van der Waals surface area contributed by atoms with E-state index in [2.05, 4.69) is 9.71 Å². The topological polar surface area (TPSA) is 95.8 Å². The van der Waals surface area contributed by atoms with Crippen LogP contribution in [0.2, 0.25) is 5.02 Å². The maximum atomic E-state index is 12.5. The van der Waals surface area contributed by atoms with E-state index in [9.17, 15) is 13.2 Å². The van der Waals surface area contributed by atoms with E-state index in [-0.39, 0.29) is 10.7 Å². The molecule has 0 aromatic heterocycles. The van der Waals surface area contributed by atoms with Gasteiger partial charge in [0, 0.05) is 10.6 Å². The quantitative estimate of drug-likeness (QED) is 0.627. The number of hydrogen-bond donors (Lipinski definition) is 2. The lowest BCUT2D eigenvalue weighted by Crippen LogP contribution is -2.33. The molecule has 0 spiro atoms. The van der Waals surface area contributed by atoms with Crippen LogP contribution in [0.3, 0.4) is 0 Å². The molecule has 0 amide bonds. The zero-order valence-electron chi connectivity index (χ0n) is 12.7. The number of carboxylic acids is 1. The third kappa shape index (κ3) is 4.56. The fraction of sp³-hybridized carbons (Fsp3) is 0.125. The molecule has 126 valence electrons. The predicted molar refractivity (Wildman–Crippen MR) is 91.9 cm³/mol. The Kier molecular flexibility index (Phi) is 5.58. The first-order valence-electron chi connectivity index (χ1n) is 6.94. The second-order valence-corrected chi connectivity index (χ2v) is 7.04. The molecule has 2 rings (SSSR count). The molecule has 0 aliphatic heterocycles. The summed E-state index contributed by atoms with van der Waals surface area (Å²) in [5, 5.41) is 9.43. The number of aliphatic carboxylic acids is 1. The maximum absolute atomic E-state index is 12.5. The Bertz CT molecular complexity index is 849. The smallest absolute Gasteiger partial charge is 0.328 e. The second kappa shape index (κ2) is 7.46. The number of nitrogens with one attached hydrogen (secondary N) is 1. The molecule has 1 atom stereocenters. The van der Waals surface area contributed by atoms with E-state index in [1.54, 1.807) is 30.3 Å². The van der Waals surface area contributed by atoms with Crippen molar-refractivity contribution >= 4 is 33.4 Å². The third-order valence-corrected chi connectivity index (χ3v) is 4.69. The number of amidine groups is 1. The van der Waals surface area contributed by atoms with Gasteiger partial charge in [-0.3, -0.25) is 9.71 Å². The Morgan fingerprint density at radius 2 is 1.71 bits per heavy atom. The highest BCUT2D eigenvalue weighted by atomic mass is 35.5. The average molecular weight is 367 g/mol. The van der Waals surface area contributed by atoms with E-state index < -0.39 is 22.0 Å². The van der Waals surface area contributed by atoms with Gasteiger partial charge in [-0.05, 0) is 31.2 Å². The molecule has 0 bridgehead atoms. The number of sulfonamides is 1. The minimum absolute atomic E-state index is 0.00138. The highest BCUT2D eigenvalue weighted by Gasteiger charge is 2.19. The number of nitrogens with zero attached hydrogens (tertiary/aromatic N) is 1. The van der Waals surface area contributed by atoms with Gasteiger partial charge in [-0.1, -0.05) is 41.9 Å². The minimum Gasteiger partial charge on any atom is -0.480 e. The molecule has 0 heterocycles. The molecule has 2 aromatic carbocycles. The highest BCUT2D eigenvalue weighted by molar-refractivity contribution is 7.90. The Labute approximate surface area is 144 Å². The average Bonchev–Trinajstić information content (AvgIpc) is 2.55. The monoisotopic (exact) mass is 366 g/mol. The van der Waals surface area contributed by atoms with Crippen LogP contribution in [0, 0.1) is 0 Å². The lowest BCUT2D eigenvalue weighted by molar-refractivity contribution is -0.137. The van der Waals surface area contributed by atoms with Crippen LogP contribution in [0.5, 0.6) is 0 Å². The van der Waals surface area contributed by atoms with Crippen molar-refractivity contribution in [2.45, 2.75) is 17.9 Å². The molecule has 0 saturated heterocycles. The van der Waals surface area contributed by atoms with Crippen LogP contribution < -0.4 is 4.72 Å². The van der Waals surface area contributed by atoms with Crippen LogP contribution in [0.1, 0.15) is 12.5 Å². The van der Waals surface area contributed by atoms with Gasteiger partial charge in [0.05, 0.1) is 4.90 Å². The molecule has 0 fully saturated rings. The number of carboxylic acid groups (broad SMARTS) is 1. The molecule has 0 aliphatic rings. The fourth-order valence-corrected chi connectivity index (χ4v) is 2.97. The zero-order valence-corrected chi connectivity index (χ0v) is 14.3. The predicted octanol–water partition coefficient (Wildman–Crippen LogP) is 2.54. The molecule has 6 nitrogen and oxygen atoms in total. The van der Waals surface area contributed by atoms with Crippen LogP contribution in [0.25, 0.3) is 0 Å². The first-order valence-corrected chi connectivity index (χ1v) is 8.80. The van der Waals surface area contributed by atoms with E-state index in [1.807, 2.05) is 0 Å². The van der Waals surface area contributed by atoms with Gasteiger partial charge in [0.15, 0.2) is 0 Å². The lowest BCUT2D eigenvalue weighted by atomic mass is 10.2. The number of rotatable bonds is 5. The molecule has 0 aliphatic carbocycles. The molecule has 0 unspecified atom stereocenters. The van der Waals surface area contributed by atoms with Crippen molar-refractivity contribution in [3.05, 3.63) is 65.2 Å². The Morgan fingerprint density at radius 1 is 1.12 bits per heavy atom. The van der Waals surface area contributed by atoms with E-state index in [0.29, 0.717) is 10.6 Å². The van der Waals surface area contributed by atoms with Gasteiger partial charge < -0.3 is 5.11 Å². The van der Waals surface area contributed by atoms with Gasteiger partial charge in [-0.25, -0.2) is 13.2 Å². The minimum atomic E-state index is -3.93. The maximum Gasteiger partial charge on any atom is 0.328 e. The van der Waals surface area contributed by atoms with Crippen molar-refractivity contribution in [3.8, 4) is 0 Å². The van der Waals surface area contributed by atoms with Gasteiger partial charge >= 0.3 is 5.97 Å². The standard InChI is InChI=1S/C16H15ClN2O4S/c1-11(16(20)21)18-15(12-5-3-2-4-6-12)19-24(22,23)14-9-7-13(17)8-10-14/h2-11H,1H3,(H,18,19)(H,20,21)/t11-/m1/s1. The van der Waals surface area contributed by atoms with E-state index >= 15 is 0 Å². The normalized spacial score (nSPS) is 13.3. The highest BCUT2D eigenvalue weighted by Crippen LogP contribution is 2.15. The number of hydrogen-bond acceptors (Lipinski definition) is 4. The van der Waals surface area contributed by atoms with Crippen LogP contribution in [0.4, 0.5) is 0 Å². The van der Waals surface area contributed by atoms with Crippen LogP contribution >= 0.6 is 11.6 Å². The molecule has 24 heavy (non-hydrogen) atoms. The van der Waals surface area contributed by atoms with Gasteiger partial charge in [-0.15, -0.1) is 0 Å². The molecular formula is C16H15ClN2O4S. The lowest BCUT2D eigenvalue weighted by Gasteiger charge is -2.13. The summed E-state index contributed by atoms with van der Waals surface area (Å²) in [4.78, 5) is 15.0. The van der Waals surface area contributed by atoms with Gasteiger partial charge in [0.2, 0.25) is 0 Å². The Balaban J connectivity index is 2.41. The molecule has 2 aromatic rings. The van der Waals surface area contributed by atoms with Crippen molar-refractivity contribution in [1.29, 1.82) is 0 Å². The number of halogens is 1. The summed E-state index contributed by atoms with van der Waals surface area (Å²) >= 11 is 5.76.